The summed E-state index contributed by atoms with van der Waals surface area (Å²) >= 11 is 0. The van der Waals surface area contributed by atoms with E-state index in [1.807, 2.05) is 24.3 Å². The van der Waals surface area contributed by atoms with Crippen LogP contribution in [-0.4, -0.2) is 37.2 Å². The van der Waals surface area contributed by atoms with Crippen molar-refractivity contribution in [3.05, 3.63) is 71.8 Å². The van der Waals surface area contributed by atoms with Gasteiger partial charge in [0.25, 0.3) is 0 Å². The lowest BCUT2D eigenvalue weighted by molar-refractivity contribution is 0.0164. The lowest BCUT2D eigenvalue weighted by Crippen LogP contribution is -2.45. The third kappa shape index (κ3) is 4.90. The van der Waals surface area contributed by atoms with Crippen molar-refractivity contribution < 1.29 is 19.1 Å². The van der Waals surface area contributed by atoms with Crippen LogP contribution >= 0.6 is 0 Å². The molecule has 2 aromatic rings. The van der Waals surface area contributed by atoms with Gasteiger partial charge in [0, 0.05) is 12.6 Å². The van der Waals surface area contributed by atoms with Crippen LogP contribution in [0.15, 0.2) is 60.7 Å². The molecule has 0 aromatic heterocycles. The molecule has 3 rings (SSSR count). The van der Waals surface area contributed by atoms with Crippen molar-refractivity contribution in [1.82, 2.24) is 5.32 Å². The summed E-state index contributed by atoms with van der Waals surface area (Å²) in [4.78, 5) is 24.0. The Morgan fingerprint density at radius 3 is 2.04 bits per heavy atom. The van der Waals surface area contributed by atoms with Crippen LogP contribution in [0.4, 0.5) is 0 Å². The van der Waals surface area contributed by atoms with Gasteiger partial charge in [-0.05, 0) is 37.1 Å². The molecule has 1 heterocycles. The largest absolute Gasteiger partial charge is 0.460 e. The van der Waals surface area contributed by atoms with Crippen molar-refractivity contribution in [1.29, 1.82) is 0 Å². The highest BCUT2D eigenvalue weighted by Crippen LogP contribution is 2.14. The molecule has 2 aromatic carbocycles. The molecule has 2 atom stereocenters. The Morgan fingerprint density at radius 1 is 0.880 bits per heavy atom. The zero-order valence-electron chi connectivity index (χ0n) is 13.9. The molecular weight excluding hydrogens is 318 g/mol. The number of esters is 2. The Bertz CT molecular complexity index is 694. The van der Waals surface area contributed by atoms with E-state index in [0.29, 0.717) is 24.3 Å². The van der Waals surface area contributed by atoms with E-state index < -0.39 is 0 Å². The van der Waals surface area contributed by atoms with Gasteiger partial charge in [0.05, 0.1) is 11.1 Å². The molecule has 0 spiro atoms. The van der Waals surface area contributed by atoms with E-state index in [1.54, 1.807) is 36.4 Å². The van der Waals surface area contributed by atoms with E-state index in [-0.39, 0.29) is 24.1 Å². The molecule has 1 saturated heterocycles. The second-order valence-corrected chi connectivity index (χ2v) is 6.04. The number of piperidine rings is 1. The predicted octanol–water partition coefficient (Wildman–Crippen LogP) is 2.82. The number of nitrogens with one attached hydrogen (secondary N) is 1. The van der Waals surface area contributed by atoms with Gasteiger partial charge in [0.15, 0.2) is 0 Å². The van der Waals surface area contributed by atoms with Crippen LogP contribution < -0.4 is 5.32 Å². The molecule has 5 nitrogen and oxygen atoms in total. The zero-order chi connectivity index (χ0) is 17.5. The van der Waals surface area contributed by atoms with Crippen LogP contribution in [0.25, 0.3) is 0 Å². The second kappa shape index (κ2) is 8.44. The maximum atomic E-state index is 12.0. The molecule has 0 amide bonds. The Labute approximate surface area is 147 Å². The highest BCUT2D eigenvalue weighted by Gasteiger charge is 2.24. The van der Waals surface area contributed by atoms with E-state index in [2.05, 4.69) is 5.32 Å². The van der Waals surface area contributed by atoms with Crippen LogP contribution in [0.1, 0.15) is 33.6 Å². The molecule has 25 heavy (non-hydrogen) atoms. The van der Waals surface area contributed by atoms with Crippen molar-refractivity contribution in [2.75, 3.05) is 13.2 Å². The summed E-state index contributed by atoms with van der Waals surface area (Å²) in [6.07, 6.45) is 1.38. The van der Waals surface area contributed by atoms with Crippen LogP contribution in [-0.2, 0) is 9.47 Å². The van der Waals surface area contributed by atoms with Gasteiger partial charge in [-0.3, -0.25) is 0 Å². The van der Waals surface area contributed by atoms with Gasteiger partial charge in [-0.1, -0.05) is 36.4 Å². The average molecular weight is 339 g/mol. The van der Waals surface area contributed by atoms with Gasteiger partial charge < -0.3 is 14.8 Å². The van der Waals surface area contributed by atoms with Crippen molar-refractivity contribution in [3.8, 4) is 0 Å². The quantitative estimate of drug-likeness (QED) is 0.849. The molecule has 0 saturated carbocycles. The number of carbonyl (C=O) groups excluding carboxylic acids is 2. The summed E-state index contributed by atoms with van der Waals surface area (Å²) in [5.74, 6) is -0.624. The first-order chi connectivity index (χ1) is 12.2. The van der Waals surface area contributed by atoms with E-state index in [1.165, 1.54) is 0 Å². The highest BCUT2D eigenvalue weighted by atomic mass is 16.5. The second-order valence-electron chi connectivity index (χ2n) is 6.04. The minimum atomic E-state index is -0.319. The number of ether oxygens (including phenoxy) is 2. The number of benzene rings is 2. The molecule has 130 valence electrons. The van der Waals surface area contributed by atoms with Crippen molar-refractivity contribution >= 4 is 11.9 Å². The normalized spacial score (nSPS) is 19.8. The molecular formula is C20H21NO4. The first kappa shape index (κ1) is 17.2. The zero-order valence-corrected chi connectivity index (χ0v) is 13.9. The average Bonchev–Trinajstić information content (AvgIpc) is 2.68. The summed E-state index contributed by atoms with van der Waals surface area (Å²) in [5.41, 5.74) is 1.11. The predicted molar refractivity (Wildman–Crippen MR) is 93.4 cm³/mol. The summed E-state index contributed by atoms with van der Waals surface area (Å²) in [5, 5.41) is 3.28. The minimum absolute atomic E-state index is 0.0827. The van der Waals surface area contributed by atoms with Gasteiger partial charge in [0.1, 0.15) is 12.7 Å². The third-order valence-corrected chi connectivity index (χ3v) is 4.18. The minimum Gasteiger partial charge on any atom is -0.460 e. The van der Waals surface area contributed by atoms with E-state index >= 15 is 0 Å². The lowest BCUT2D eigenvalue weighted by Gasteiger charge is -2.29. The number of hydrogen-bond donors (Lipinski definition) is 1. The van der Waals surface area contributed by atoms with Crippen molar-refractivity contribution in [2.24, 2.45) is 0 Å². The fourth-order valence-electron chi connectivity index (χ4n) is 2.76. The van der Waals surface area contributed by atoms with Crippen LogP contribution in [0.5, 0.6) is 0 Å². The molecule has 0 aliphatic carbocycles. The standard InChI is InChI=1S/C20H21NO4/c22-19(15-7-3-1-4-8-15)24-14-17-11-12-18(13-21-17)25-20(23)16-9-5-2-6-10-16/h1-10,17-18,21H,11-14H2/t17-,18-/m1/s1. The van der Waals surface area contributed by atoms with Gasteiger partial charge in [0.2, 0.25) is 0 Å². The fraction of sp³-hybridized carbons (Fsp3) is 0.300. The maximum Gasteiger partial charge on any atom is 0.338 e. The van der Waals surface area contributed by atoms with Crippen molar-refractivity contribution in [2.45, 2.75) is 25.0 Å². The topological polar surface area (TPSA) is 64.6 Å². The van der Waals surface area contributed by atoms with Gasteiger partial charge in [-0.15, -0.1) is 0 Å². The molecule has 1 aliphatic heterocycles. The Morgan fingerprint density at radius 2 is 1.48 bits per heavy atom. The molecule has 1 aliphatic rings. The smallest absolute Gasteiger partial charge is 0.338 e. The molecule has 0 radical (unpaired) electrons. The molecule has 1 N–H and O–H groups in total. The summed E-state index contributed by atoms with van der Waals surface area (Å²) in [6.45, 7) is 0.874. The van der Waals surface area contributed by atoms with Gasteiger partial charge >= 0.3 is 11.9 Å². The van der Waals surface area contributed by atoms with Crippen LogP contribution in [0.3, 0.4) is 0 Å². The van der Waals surface area contributed by atoms with E-state index in [0.717, 1.165) is 12.8 Å². The van der Waals surface area contributed by atoms with Crippen LogP contribution in [0, 0.1) is 0 Å². The molecule has 1 fully saturated rings. The SMILES string of the molecule is O=C(OC[C@H]1CC[C@@H](OC(=O)c2ccccc2)CN1)c1ccccc1. The molecule has 5 heteroatoms. The molecule has 0 bridgehead atoms. The number of carbonyl (C=O) groups is 2. The van der Waals surface area contributed by atoms with Crippen LogP contribution in [0.2, 0.25) is 0 Å². The van der Waals surface area contributed by atoms with E-state index in [9.17, 15) is 9.59 Å². The summed E-state index contributed by atoms with van der Waals surface area (Å²) in [6, 6.07) is 18.0. The first-order valence-corrected chi connectivity index (χ1v) is 8.44. The van der Waals surface area contributed by atoms with E-state index in [4.69, 9.17) is 9.47 Å². The van der Waals surface area contributed by atoms with Gasteiger partial charge in [-0.2, -0.15) is 0 Å². The lowest BCUT2D eigenvalue weighted by atomic mass is 10.0. The number of rotatable bonds is 5. The van der Waals surface area contributed by atoms with Crippen molar-refractivity contribution in [3.63, 3.8) is 0 Å². The summed E-state index contributed by atoms with van der Waals surface area (Å²) < 4.78 is 10.9. The maximum absolute atomic E-state index is 12.0. The first-order valence-electron chi connectivity index (χ1n) is 8.44. The number of hydrogen-bond acceptors (Lipinski definition) is 5. The monoisotopic (exact) mass is 339 g/mol. The highest BCUT2D eigenvalue weighted by molar-refractivity contribution is 5.89. The molecule has 0 unspecified atom stereocenters. The Hall–Kier alpha value is -2.66. The Kier molecular flexibility index (Phi) is 5.80. The third-order valence-electron chi connectivity index (χ3n) is 4.18. The summed E-state index contributed by atoms with van der Waals surface area (Å²) in [7, 11) is 0. The Balaban J connectivity index is 1.40. The fourth-order valence-corrected chi connectivity index (χ4v) is 2.76. The van der Waals surface area contributed by atoms with Gasteiger partial charge in [-0.25, -0.2) is 9.59 Å².